The highest BCUT2D eigenvalue weighted by atomic mass is 15.3. The van der Waals surface area contributed by atoms with Gasteiger partial charge in [0.05, 0.1) is 12.7 Å². The average molecular weight is 147 g/mol. The lowest BCUT2D eigenvalue weighted by molar-refractivity contribution is 0.740. The molecule has 0 unspecified atom stereocenters. The summed E-state index contributed by atoms with van der Waals surface area (Å²) in [6, 6.07) is 0. The molecule has 1 heterocycles. The Labute approximate surface area is 65.5 Å². The van der Waals surface area contributed by atoms with Crippen LogP contribution in [0.15, 0.2) is 0 Å². The van der Waals surface area contributed by atoms with Crippen LogP contribution in [-0.4, -0.2) is 9.78 Å². The average Bonchev–Trinajstić information content (AvgIpc) is 2.46. The zero-order valence-electron chi connectivity index (χ0n) is 6.46. The zero-order chi connectivity index (χ0) is 7.84. The van der Waals surface area contributed by atoms with Crippen LogP contribution in [0.25, 0.3) is 4.85 Å². The highest BCUT2D eigenvalue weighted by Gasteiger charge is 2.20. The highest BCUT2D eigenvalue weighted by molar-refractivity contribution is 5.50. The van der Waals surface area contributed by atoms with Gasteiger partial charge in [0, 0.05) is 5.56 Å². The van der Waals surface area contributed by atoms with Gasteiger partial charge in [0.2, 0.25) is 0 Å². The second-order valence-electron chi connectivity index (χ2n) is 2.84. The first-order valence-corrected chi connectivity index (χ1v) is 3.75. The maximum atomic E-state index is 6.93. The van der Waals surface area contributed by atoms with Crippen molar-refractivity contribution >= 4 is 5.82 Å². The summed E-state index contributed by atoms with van der Waals surface area (Å²) in [7, 11) is 1.84. The lowest BCUT2D eigenvalue weighted by Crippen LogP contribution is -1.91. The quantitative estimate of drug-likeness (QED) is 0.509. The van der Waals surface area contributed by atoms with E-state index in [4.69, 9.17) is 6.57 Å². The van der Waals surface area contributed by atoms with E-state index in [0.29, 0.717) is 0 Å². The molecule has 3 nitrogen and oxygen atoms in total. The molecule has 1 aliphatic carbocycles. The van der Waals surface area contributed by atoms with Crippen molar-refractivity contribution in [3.05, 3.63) is 22.7 Å². The molecule has 11 heavy (non-hydrogen) atoms. The SMILES string of the molecule is [C-]#[N+]c1c2c(nn1C)CCC2. The number of nitrogens with zero attached hydrogens (tertiary/aromatic N) is 3. The summed E-state index contributed by atoms with van der Waals surface area (Å²) in [6.07, 6.45) is 3.26. The van der Waals surface area contributed by atoms with Crippen LogP contribution >= 0.6 is 0 Å². The number of fused-ring (bicyclic) bond motifs is 1. The minimum Gasteiger partial charge on any atom is -0.362 e. The zero-order valence-corrected chi connectivity index (χ0v) is 6.46. The first kappa shape index (κ1) is 6.41. The van der Waals surface area contributed by atoms with Crippen LogP contribution in [0.2, 0.25) is 0 Å². The number of hydrogen-bond acceptors (Lipinski definition) is 1. The summed E-state index contributed by atoms with van der Waals surface area (Å²) < 4.78 is 1.69. The number of rotatable bonds is 0. The van der Waals surface area contributed by atoms with Crippen LogP contribution in [-0.2, 0) is 19.9 Å². The minimum absolute atomic E-state index is 0.734. The fraction of sp³-hybridized carbons (Fsp3) is 0.500. The molecular weight excluding hydrogens is 138 g/mol. The molecule has 0 aliphatic heterocycles. The highest BCUT2D eigenvalue weighted by Crippen LogP contribution is 2.29. The molecule has 0 amide bonds. The maximum Gasteiger partial charge on any atom is 0.255 e. The molecule has 0 fully saturated rings. The van der Waals surface area contributed by atoms with Crippen molar-refractivity contribution in [2.75, 3.05) is 0 Å². The molecule has 0 saturated carbocycles. The third-order valence-corrected chi connectivity index (χ3v) is 2.14. The van der Waals surface area contributed by atoms with Crippen molar-refractivity contribution in [2.24, 2.45) is 7.05 Å². The van der Waals surface area contributed by atoms with Crippen LogP contribution in [0.1, 0.15) is 17.7 Å². The largest absolute Gasteiger partial charge is 0.362 e. The van der Waals surface area contributed by atoms with Crippen LogP contribution in [0.3, 0.4) is 0 Å². The van der Waals surface area contributed by atoms with Gasteiger partial charge in [-0.1, -0.05) is 6.57 Å². The molecule has 56 valence electrons. The summed E-state index contributed by atoms with van der Waals surface area (Å²) in [5, 5.41) is 4.26. The van der Waals surface area contributed by atoms with Crippen molar-refractivity contribution < 1.29 is 0 Å². The summed E-state index contributed by atoms with van der Waals surface area (Å²) in [5.74, 6) is 0.734. The van der Waals surface area contributed by atoms with E-state index in [1.165, 1.54) is 12.0 Å². The lowest BCUT2D eigenvalue weighted by Gasteiger charge is -1.91. The van der Waals surface area contributed by atoms with Gasteiger partial charge in [0.15, 0.2) is 0 Å². The number of aromatic nitrogens is 2. The molecule has 1 aromatic rings. The summed E-state index contributed by atoms with van der Waals surface area (Å²) in [5.41, 5.74) is 2.32. The molecule has 0 atom stereocenters. The van der Waals surface area contributed by atoms with E-state index in [2.05, 4.69) is 9.94 Å². The molecule has 0 radical (unpaired) electrons. The van der Waals surface area contributed by atoms with Crippen molar-refractivity contribution in [1.82, 2.24) is 9.78 Å². The van der Waals surface area contributed by atoms with Gasteiger partial charge in [0.1, 0.15) is 0 Å². The van der Waals surface area contributed by atoms with Gasteiger partial charge in [-0.2, -0.15) is 0 Å². The van der Waals surface area contributed by atoms with Crippen molar-refractivity contribution in [1.29, 1.82) is 0 Å². The Balaban J connectivity index is 2.63. The Morgan fingerprint density at radius 2 is 2.36 bits per heavy atom. The molecule has 0 bridgehead atoms. The van der Waals surface area contributed by atoms with Gasteiger partial charge < -0.3 is 4.85 Å². The minimum atomic E-state index is 0.734. The van der Waals surface area contributed by atoms with Crippen molar-refractivity contribution in [3.63, 3.8) is 0 Å². The van der Waals surface area contributed by atoms with Crippen molar-refractivity contribution in [2.45, 2.75) is 19.3 Å². The number of hydrogen-bond donors (Lipinski definition) is 0. The van der Waals surface area contributed by atoms with E-state index < -0.39 is 0 Å². The fourth-order valence-corrected chi connectivity index (χ4v) is 1.64. The van der Waals surface area contributed by atoms with Crippen LogP contribution in [0, 0.1) is 6.57 Å². The smallest absolute Gasteiger partial charge is 0.255 e. The van der Waals surface area contributed by atoms with Gasteiger partial charge in [-0.3, -0.25) is 0 Å². The summed E-state index contributed by atoms with van der Waals surface area (Å²) >= 11 is 0. The van der Waals surface area contributed by atoms with Gasteiger partial charge in [-0.05, 0) is 19.3 Å². The Bertz CT molecular complexity index is 330. The fourth-order valence-electron chi connectivity index (χ4n) is 1.64. The van der Waals surface area contributed by atoms with Crippen molar-refractivity contribution in [3.8, 4) is 0 Å². The first-order chi connectivity index (χ1) is 5.33. The predicted molar refractivity (Wildman–Crippen MR) is 41.5 cm³/mol. The van der Waals surface area contributed by atoms with Gasteiger partial charge >= 0.3 is 0 Å². The van der Waals surface area contributed by atoms with Crippen LogP contribution in [0.5, 0.6) is 0 Å². The Morgan fingerprint density at radius 3 is 3.09 bits per heavy atom. The second-order valence-corrected chi connectivity index (χ2v) is 2.84. The van der Waals surface area contributed by atoms with E-state index in [9.17, 15) is 0 Å². The molecule has 0 N–H and O–H groups in total. The van der Waals surface area contributed by atoms with E-state index in [1.54, 1.807) is 4.68 Å². The van der Waals surface area contributed by atoms with Crippen LogP contribution in [0.4, 0.5) is 5.82 Å². The third kappa shape index (κ3) is 0.758. The molecule has 1 aliphatic rings. The van der Waals surface area contributed by atoms with E-state index in [-0.39, 0.29) is 0 Å². The molecule has 2 rings (SSSR count). The van der Waals surface area contributed by atoms with Gasteiger partial charge in [-0.15, -0.1) is 5.10 Å². The lowest BCUT2D eigenvalue weighted by atomic mass is 10.3. The molecule has 0 aromatic carbocycles. The third-order valence-electron chi connectivity index (χ3n) is 2.14. The monoisotopic (exact) mass is 147 g/mol. The van der Waals surface area contributed by atoms with E-state index in [0.717, 1.165) is 24.4 Å². The van der Waals surface area contributed by atoms with E-state index >= 15 is 0 Å². The normalized spacial score (nSPS) is 14.5. The van der Waals surface area contributed by atoms with E-state index in [1.807, 2.05) is 7.05 Å². The summed E-state index contributed by atoms with van der Waals surface area (Å²) in [6.45, 7) is 6.93. The first-order valence-electron chi connectivity index (χ1n) is 3.75. The van der Waals surface area contributed by atoms with Crippen LogP contribution < -0.4 is 0 Å². The second kappa shape index (κ2) is 2.09. The molecular formula is C8H9N3. The molecule has 0 saturated heterocycles. The topological polar surface area (TPSA) is 22.2 Å². The molecule has 0 spiro atoms. The summed E-state index contributed by atoms with van der Waals surface area (Å²) in [4.78, 5) is 3.45. The Kier molecular flexibility index (Phi) is 1.22. The Hall–Kier alpha value is -1.30. The molecule has 3 heteroatoms. The Morgan fingerprint density at radius 1 is 1.55 bits per heavy atom. The standard InChI is InChI=1S/C8H9N3/c1-9-8-6-4-3-5-7(6)10-11(8)2/h3-5H2,2H3. The van der Waals surface area contributed by atoms with Gasteiger partial charge in [-0.25, -0.2) is 4.68 Å². The predicted octanol–water partition coefficient (Wildman–Crippen LogP) is 1.46. The molecule has 1 aromatic heterocycles. The van der Waals surface area contributed by atoms with Gasteiger partial charge in [0.25, 0.3) is 5.82 Å². The number of aryl methyl sites for hydroxylation is 2. The maximum absolute atomic E-state index is 6.93.